The Kier molecular flexibility index (Phi) is 3.97. The molecule has 2 rings (SSSR count). The van der Waals surface area contributed by atoms with Crippen LogP contribution in [0.25, 0.3) is 0 Å². The predicted molar refractivity (Wildman–Crippen MR) is 71.2 cm³/mol. The van der Waals surface area contributed by atoms with Crippen LogP contribution in [-0.2, 0) is 6.61 Å². The second-order valence-corrected chi connectivity index (χ2v) is 3.93. The quantitative estimate of drug-likeness (QED) is 0.868. The van der Waals surface area contributed by atoms with Gasteiger partial charge in [0.25, 0.3) is 5.91 Å². The number of ether oxygens (including phenoxy) is 1. The molecule has 0 spiro atoms. The van der Waals surface area contributed by atoms with Crippen LogP contribution >= 0.6 is 0 Å². The molecular weight excluding hydrogens is 244 g/mol. The Hall–Kier alpha value is -2.56. The van der Waals surface area contributed by atoms with E-state index < -0.39 is 0 Å². The number of hydrogen-bond acceptors (Lipinski definition) is 3. The van der Waals surface area contributed by atoms with Crippen molar-refractivity contribution in [1.29, 1.82) is 0 Å². The molecule has 0 fully saturated rings. The monoisotopic (exact) mass is 258 g/mol. The SMILES string of the molecule is CNC(=O)c1cc(=O)c(OCc2ccccc2)c[nH]1. The molecular formula is C14H14N2O3. The largest absolute Gasteiger partial charge is 0.483 e. The number of H-pyrrole nitrogens is 1. The maximum absolute atomic E-state index is 11.8. The van der Waals surface area contributed by atoms with Gasteiger partial charge in [0.15, 0.2) is 5.75 Å². The molecule has 98 valence electrons. The first kappa shape index (κ1) is 12.9. The first-order valence-corrected chi connectivity index (χ1v) is 5.82. The summed E-state index contributed by atoms with van der Waals surface area (Å²) in [5.74, 6) is -0.150. The van der Waals surface area contributed by atoms with Crippen LogP contribution in [0.1, 0.15) is 16.1 Å². The maximum atomic E-state index is 11.8. The zero-order chi connectivity index (χ0) is 13.7. The zero-order valence-corrected chi connectivity index (χ0v) is 10.5. The van der Waals surface area contributed by atoms with E-state index >= 15 is 0 Å². The summed E-state index contributed by atoms with van der Waals surface area (Å²) < 4.78 is 5.42. The molecule has 1 amide bonds. The minimum Gasteiger partial charge on any atom is -0.483 e. The average molecular weight is 258 g/mol. The number of carbonyl (C=O) groups is 1. The molecule has 19 heavy (non-hydrogen) atoms. The summed E-state index contributed by atoms with van der Waals surface area (Å²) >= 11 is 0. The predicted octanol–water partition coefficient (Wildman–Crippen LogP) is 1.31. The first-order valence-electron chi connectivity index (χ1n) is 5.82. The highest BCUT2D eigenvalue weighted by Crippen LogP contribution is 2.06. The van der Waals surface area contributed by atoms with Gasteiger partial charge in [-0.3, -0.25) is 9.59 Å². The molecule has 0 aliphatic rings. The molecule has 5 heteroatoms. The Morgan fingerprint density at radius 3 is 2.68 bits per heavy atom. The number of aromatic amines is 1. The Morgan fingerprint density at radius 2 is 2.05 bits per heavy atom. The van der Waals surface area contributed by atoms with Gasteiger partial charge >= 0.3 is 0 Å². The number of nitrogens with one attached hydrogen (secondary N) is 2. The van der Waals surface area contributed by atoms with Gasteiger partial charge in [-0.1, -0.05) is 30.3 Å². The minimum absolute atomic E-state index is 0.191. The third-order valence-electron chi connectivity index (χ3n) is 2.59. The molecule has 0 saturated carbocycles. The van der Waals surface area contributed by atoms with E-state index in [1.165, 1.54) is 19.3 Å². The van der Waals surface area contributed by atoms with E-state index in [0.717, 1.165) is 5.56 Å². The Labute approximate surface area is 110 Å². The number of aromatic nitrogens is 1. The average Bonchev–Trinajstić information content (AvgIpc) is 2.46. The number of hydrogen-bond donors (Lipinski definition) is 2. The molecule has 0 atom stereocenters. The van der Waals surface area contributed by atoms with Gasteiger partial charge in [-0.2, -0.15) is 0 Å². The van der Waals surface area contributed by atoms with E-state index in [9.17, 15) is 9.59 Å². The first-order chi connectivity index (χ1) is 9.20. The lowest BCUT2D eigenvalue weighted by Gasteiger charge is -2.06. The summed E-state index contributed by atoms with van der Waals surface area (Å²) in [5.41, 5.74) is 0.852. The second-order valence-electron chi connectivity index (χ2n) is 3.93. The third kappa shape index (κ3) is 3.22. The molecule has 0 bridgehead atoms. The highest BCUT2D eigenvalue weighted by molar-refractivity contribution is 5.91. The molecule has 2 N–H and O–H groups in total. The van der Waals surface area contributed by atoms with Gasteiger partial charge in [-0.15, -0.1) is 0 Å². The lowest BCUT2D eigenvalue weighted by atomic mass is 10.2. The molecule has 1 heterocycles. The highest BCUT2D eigenvalue weighted by atomic mass is 16.5. The van der Waals surface area contributed by atoms with E-state index in [0.29, 0.717) is 6.61 Å². The van der Waals surface area contributed by atoms with Crippen molar-refractivity contribution in [3.8, 4) is 5.75 Å². The van der Waals surface area contributed by atoms with Crippen molar-refractivity contribution in [2.75, 3.05) is 7.05 Å². The maximum Gasteiger partial charge on any atom is 0.267 e. The van der Waals surface area contributed by atoms with Gasteiger partial charge in [0.2, 0.25) is 5.43 Å². The van der Waals surface area contributed by atoms with Gasteiger partial charge in [-0.05, 0) is 5.56 Å². The van der Waals surface area contributed by atoms with Crippen LogP contribution in [0.5, 0.6) is 5.75 Å². The van der Waals surface area contributed by atoms with Crippen molar-refractivity contribution in [2.24, 2.45) is 0 Å². The number of benzene rings is 1. The number of carbonyl (C=O) groups excluding carboxylic acids is 1. The lowest BCUT2D eigenvalue weighted by Crippen LogP contribution is -2.21. The molecule has 5 nitrogen and oxygen atoms in total. The normalized spacial score (nSPS) is 9.95. The molecule has 0 aliphatic heterocycles. The van der Waals surface area contributed by atoms with Gasteiger partial charge in [-0.25, -0.2) is 0 Å². The van der Waals surface area contributed by atoms with E-state index in [-0.39, 0.29) is 22.8 Å². The minimum atomic E-state index is -0.341. The standard InChI is InChI=1S/C14H14N2O3/c1-15-14(18)11-7-12(17)13(8-16-11)19-9-10-5-3-2-4-6-10/h2-8H,9H2,1H3,(H,15,18)(H,16,17). The van der Waals surface area contributed by atoms with Crippen LogP contribution in [0, 0.1) is 0 Å². The van der Waals surface area contributed by atoms with Gasteiger partial charge in [0, 0.05) is 19.3 Å². The van der Waals surface area contributed by atoms with Crippen LogP contribution in [0.2, 0.25) is 0 Å². The van der Waals surface area contributed by atoms with E-state index in [1.54, 1.807) is 0 Å². The van der Waals surface area contributed by atoms with E-state index in [2.05, 4.69) is 10.3 Å². The summed E-state index contributed by atoms with van der Waals surface area (Å²) in [7, 11) is 1.50. The molecule has 0 saturated heterocycles. The van der Waals surface area contributed by atoms with Crippen molar-refractivity contribution in [2.45, 2.75) is 6.61 Å². The number of amides is 1. The summed E-state index contributed by atoms with van der Waals surface area (Å²) in [4.78, 5) is 25.8. The summed E-state index contributed by atoms with van der Waals surface area (Å²) in [5, 5.41) is 2.44. The molecule has 0 aliphatic carbocycles. The van der Waals surface area contributed by atoms with Gasteiger partial charge in [0.05, 0.1) is 0 Å². The molecule has 1 aromatic carbocycles. The molecule has 0 unspecified atom stereocenters. The number of rotatable bonds is 4. The molecule has 1 aromatic heterocycles. The zero-order valence-electron chi connectivity index (χ0n) is 10.5. The fourth-order valence-electron chi connectivity index (χ4n) is 1.57. The van der Waals surface area contributed by atoms with Gasteiger partial charge in [0.1, 0.15) is 12.3 Å². The third-order valence-corrected chi connectivity index (χ3v) is 2.59. The fourth-order valence-corrected chi connectivity index (χ4v) is 1.57. The van der Waals surface area contributed by atoms with Crippen molar-refractivity contribution >= 4 is 5.91 Å². The van der Waals surface area contributed by atoms with Crippen LogP contribution in [-0.4, -0.2) is 17.9 Å². The van der Waals surface area contributed by atoms with E-state index in [4.69, 9.17) is 4.74 Å². The molecule has 0 radical (unpaired) electrons. The van der Waals surface area contributed by atoms with Crippen LogP contribution in [0.4, 0.5) is 0 Å². The topological polar surface area (TPSA) is 71.2 Å². The number of pyridine rings is 1. The second kappa shape index (κ2) is 5.86. The smallest absolute Gasteiger partial charge is 0.267 e. The summed E-state index contributed by atoms with van der Waals surface area (Å²) in [6.45, 7) is 0.309. The van der Waals surface area contributed by atoms with E-state index in [1.807, 2.05) is 30.3 Å². The van der Waals surface area contributed by atoms with Gasteiger partial charge < -0.3 is 15.0 Å². The van der Waals surface area contributed by atoms with Crippen molar-refractivity contribution in [1.82, 2.24) is 10.3 Å². The lowest BCUT2D eigenvalue weighted by molar-refractivity contribution is 0.0958. The van der Waals surface area contributed by atoms with Crippen LogP contribution in [0.3, 0.4) is 0 Å². The highest BCUT2D eigenvalue weighted by Gasteiger charge is 2.07. The fraction of sp³-hybridized carbons (Fsp3) is 0.143. The molecule has 2 aromatic rings. The van der Waals surface area contributed by atoms with Crippen molar-refractivity contribution in [3.63, 3.8) is 0 Å². The summed E-state index contributed by atoms with van der Waals surface area (Å²) in [6.07, 6.45) is 1.40. The van der Waals surface area contributed by atoms with Crippen LogP contribution in [0.15, 0.2) is 47.4 Å². The Balaban J connectivity index is 2.10. The van der Waals surface area contributed by atoms with Crippen LogP contribution < -0.4 is 15.5 Å². The Bertz CT molecular complexity index is 620. The Morgan fingerprint density at radius 1 is 1.32 bits per heavy atom. The van der Waals surface area contributed by atoms with Crippen molar-refractivity contribution < 1.29 is 9.53 Å². The van der Waals surface area contributed by atoms with Crippen molar-refractivity contribution in [3.05, 3.63) is 64.1 Å². The summed E-state index contributed by atoms with van der Waals surface area (Å²) in [6, 6.07) is 10.8.